The highest BCUT2D eigenvalue weighted by Crippen LogP contribution is 2.17. The first-order valence-electron chi connectivity index (χ1n) is 5.92. The molecule has 86 valence electrons. The van der Waals surface area contributed by atoms with Crippen molar-refractivity contribution >= 4 is 16.5 Å². The van der Waals surface area contributed by atoms with Gasteiger partial charge in [0.05, 0.1) is 5.69 Å². The molecule has 0 spiro atoms. The Morgan fingerprint density at radius 3 is 2.80 bits per heavy atom. The lowest BCUT2D eigenvalue weighted by molar-refractivity contribution is 0.472. The number of aryl methyl sites for hydroxylation is 1. The number of rotatable bonds is 7. The summed E-state index contributed by atoms with van der Waals surface area (Å²) in [7, 11) is 0. The monoisotopic (exact) mass is 226 g/mol. The Morgan fingerprint density at radius 1 is 1.47 bits per heavy atom. The van der Waals surface area contributed by atoms with Gasteiger partial charge < -0.3 is 5.32 Å². The molecule has 0 aliphatic heterocycles. The van der Waals surface area contributed by atoms with Crippen LogP contribution in [0.1, 0.15) is 45.2 Å². The fraction of sp³-hybridized carbons (Fsp3) is 0.750. The van der Waals surface area contributed by atoms with Crippen LogP contribution in [0.15, 0.2) is 5.38 Å². The number of aromatic nitrogens is 1. The number of nitrogens with zero attached hydrogens (tertiary/aromatic N) is 1. The molecule has 0 aliphatic carbocycles. The second kappa shape index (κ2) is 6.83. The van der Waals surface area contributed by atoms with E-state index in [1.165, 1.54) is 25.7 Å². The lowest BCUT2D eigenvalue weighted by atomic mass is 10.00. The lowest BCUT2D eigenvalue weighted by Crippen LogP contribution is -2.13. The predicted molar refractivity (Wildman–Crippen MR) is 68.6 cm³/mol. The molecule has 0 aliphatic rings. The number of anilines is 1. The van der Waals surface area contributed by atoms with Gasteiger partial charge in [0.1, 0.15) is 0 Å². The van der Waals surface area contributed by atoms with Crippen molar-refractivity contribution in [2.24, 2.45) is 5.92 Å². The van der Waals surface area contributed by atoms with Crippen LogP contribution in [0.2, 0.25) is 0 Å². The van der Waals surface area contributed by atoms with Crippen molar-refractivity contribution in [3.05, 3.63) is 11.1 Å². The molecule has 15 heavy (non-hydrogen) atoms. The Bertz CT molecular complexity index is 270. The fourth-order valence-corrected chi connectivity index (χ4v) is 2.31. The van der Waals surface area contributed by atoms with Crippen molar-refractivity contribution < 1.29 is 0 Å². The van der Waals surface area contributed by atoms with Gasteiger partial charge in [-0.1, -0.05) is 33.1 Å². The number of nitrogens with one attached hydrogen (secondary N) is 1. The smallest absolute Gasteiger partial charge is 0.182 e. The van der Waals surface area contributed by atoms with E-state index in [2.05, 4.69) is 29.5 Å². The van der Waals surface area contributed by atoms with E-state index in [0.717, 1.165) is 23.3 Å². The topological polar surface area (TPSA) is 24.9 Å². The Morgan fingerprint density at radius 2 is 2.27 bits per heavy atom. The zero-order valence-electron chi connectivity index (χ0n) is 10.0. The van der Waals surface area contributed by atoms with Gasteiger partial charge in [-0.15, -0.1) is 11.3 Å². The third kappa shape index (κ3) is 4.65. The van der Waals surface area contributed by atoms with Gasteiger partial charge in [0.2, 0.25) is 0 Å². The first-order chi connectivity index (χ1) is 7.26. The van der Waals surface area contributed by atoms with Crippen molar-refractivity contribution in [3.8, 4) is 0 Å². The Hall–Kier alpha value is -0.570. The highest BCUT2D eigenvalue weighted by atomic mass is 32.1. The summed E-state index contributed by atoms with van der Waals surface area (Å²) in [6.07, 6.45) is 5.24. The van der Waals surface area contributed by atoms with Crippen molar-refractivity contribution in [2.45, 2.75) is 46.5 Å². The van der Waals surface area contributed by atoms with Crippen LogP contribution in [0.3, 0.4) is 0 Å². The first kappa shape index (κ1) is 12.5. The molecule has 3 heteroatoms. The SMILES string of the molecule is CCCCC(CC)CNc1nc(C)cs1. The highest BCUT2D eigenvalue weighted by molar-refractivity contribution is 7.13. The molecule has 0 aromatic carbocycles. The Balaban J connectivity index is 2.27. The summed E-state index contributed by atoms with van der Waals surface area (Å²) < 4.78 is 0. The van der Waals surface area contributed by atoms with Crippen molar-refractivity contribution in [3.63, 3.8) is 0 Å². The molecule has 1 heterocycles. The molecule has 1 atom stereocenters. The Kier molecular flexibility index (Phi) is 5.69. The van der Waals surface area contributed by atoms with Crippen LogP contribution in [0.5, 0.6) is 0 Å². The summed E-state index contributed by atoms with van der Waals surface area (Å²) in [4.78, 5) is 4.40. The number of hydrogen-bond donors (Lipinski definition) is 1. The average molecular weight is 226 g/mol. The maximum absolute atomic E-state index is 4.40. The molecule has 0 saturated heterocycles. The summed E-state index contributed by atoms with van der Waals surface area (Å²) >= 11 is 1.70. The second-order valence-corrected chi connectivity index (χ2v) is 4.95. The highest BCUT2D eigenvalue weighted by Gasteiger charge is 2.06. The molecule has 1 rings (SSSR count). The van der Waals surface area contributed by atoms with E-state index in [1.54, 1.807) is 11.3 Å². The van der Waals surface area contributed by atoms with Gasteiger partial charge in [0.25, 0.3) is 0 Å². The molecule has 2 nitrogen and oxygen atoms in total. The van der Waals surface area contributed by atoms with Crippen LogP contribution >= 0.6 is 11.3 Å². The van der Waals surface area contributed by atoms with Gasteiger partial charge in [-0.2, -0.15) is 0 Å². The fourth-order valence-electron chi connectivity index (χ4n) is 1.61. The molecular formula is C12H22N2S. The molecule has 1 unspecified atom stereocenters. The van der Waals surface area contributed by atoms with Gasteiger partial charge in [-0.3, -0.25) is 0 Å². The number of unbranched alkanes of at least 4 members (excludes halogenated alkanes) is 1. The van der Waals surface area contributed by atoms with Crippen LogP contribution in [0.4, 0.5) is 5.13 Å². The standard InChI is InChI=1S/C12H22N2S/c1-4-6-7-11(5-2)8-13-12-14-10(3)9-15-12/h9,11H,4-8H2,1-3H3,(H,13,14). The van der Waals surface area contributed by atoms with E-state index in [9.17, 15) is 0 Å². The zero-order valence-corrected chi connectivity index (χ0v) is 10.9. The van der Waals surface area contributed by atoms with E-state index in [0.29, 0.717) is 0 Å². The molecule has 0 radical (unpaired) electrons. The van der Waals surface area contributed by atoms with E-state index >= 15 is 0 Å². The molecule has 1 N–H and O–H groups in total. The number of hydrogen-bond acceptors (Lipinski definition) is 3. The quantitative estimate of drug-likeness (QED) is 0.757. The van der Waals surface area contributed by atoms with Gasteiger partial charge in [0, 0.05) is 11.9 Å². The van der Waals surface area contributed by atoms with Gasteiger partial charge in [0.15, 0.2) is 5.13 Å². The first-order valence-corrected chi connectivity index (χ1v) is 6.80. The minimum Gasteiger partial charge on any atom is -0.361 e. The van der Waals surface area contributed by atoms with E-state index in [4.69, 9.17) is 0 Å². The van der Waals surface area contributed by atoms with Gasteiger partial charge >= 0.3 is 0 Å². The summed E-state index contributed by atoms with van der Waals surface area (Å²) in [5.74, 6) is 0.800. The molecule has 1 aromatic rings. The minimum atomic E-state index is 0.800. The average Bonchev–Trinajstić information content (AvgIpc) is 2.65. The maximum Gasteiger partial charge on any atom is 0.182 e. The molecular weight excluding hydrogens is 204 g/mol. The van der Waals surface area contributed by atoms with Gasteiger partial charge in [-0.05, 0) is 19.3 Å². The third-order valence-electron chi connectivity index (χ3n) is 2.70. The van der Waals surface area contributed by atoms with Gasteiger partial charge in [-0.25, -0.2) is 4.98 Å². The van der Waals surface area contributed by atoms with Crippen molar-refractivity contribution in [1.82, 2.24) is 4.98 Å². The van der Waals surface area contributed by atoms with Crippen molar-refractivity contribution in [1.29, 1.82) is 0 Å². The van der Waals surface area contributed by atoms with E-state index in [1.807, 2.05) is 6.92 Å². The normalized spacial score (nSPS) is 12.7. The molecule has 0 fully saturated rings. The largest absolute Gasteiger partial charge is 0.361 e. The molecule has 0 amide bonds. The number of thiazole rings is 1. The van der Waals surface area contributed by atoms with Crippen LogP contribution in [0.25, 0.3) is 0 Å². The summed E-state index contributed by atoms with van der Waals surface area (Å²) in [5.41, 5.74) is 1.11. The molecule has 0 bridgehead atoms. The van der Waals surface area contributed by atoms with Crippen LogP contribution in [0, 0.1) is 12.8 Å². The molecule has 1 aromatic heterocycles. The van der Waals surface area contributed by atoms with Crippen LogP contribution in [-0.2, 0) is 0 Å². The second-order valence-electron chi connectivity index (χ2n) is 4.09. The maximum atomic E-state index is 4.40. The summed E-state index contributed by atoms with van der Waals surface area (Å²) in [6, 6.07) is 0. The van der Waals surface area contributed by atoms with E-state index in [-0.39, 0.29) is 0 Å². The van der Waals surface area contributed by atoms with Crippen LogP contribution < -0.4 is 5.32 Å². The molecule has 0 saturated carbocycles. The van der Waals surface area contributed by atoms with Crippen LogP contribution in [-0.4, -0.2) is 11.5 Å². The lowest BCUT2D eigenvalue weighted by Gasteiger charge is -2.14. The van der Waals surface area contributed by atoms with E-state index < -0.39 is 0 Å². The Labute approximate surface area is 97.1 Å². The minimum absolute atomic E-state index is 0.800. The predicted octanol–water partition coefficient (Wildman–Crippen LogP) is 4.08. The summed E-state index contributed by atoms with van der Waals surface area (Å²) in [5, 5.41) is 6.60. The zero-order chi connectivity index (χ0) is 11.1. The van der Waals surface area contributed by atoms with Crippen molar-refractivity contribution in [2.75, 3.05) is 11.9 Å². The summed E-state index contributed by atoms with van der Waals surface area (Å²) in [6.45, 7) is 7.64. The third-order valence-corrected chi connectivity index (χ3v) is 3.62.